The smallest absolute Gasteiger partial charge is 0.412 e. The molecule has 0 aliphatic heterocycles. The van der Waals surface area contributed by atoms with Crippen molar-refractivity contribution >= 4 is 23.7 Å². The largest absolute Gasteiger partial charge is 0.493 e. The Balaban J connectivity index is 2.36. The quantitative estimate of drug-likeness (QED) is 0.491. The van der Waals surface area contributed by atoms with Gasteiger partial charge in [0.2, 0.25) is 0 Å². The molecule has 32 heavy (non-hydrogen) atoms. The number of nitrogens with one attached hydrogen (secondary N) is 1. The first kappa shape index (κ1) is 24.7. The molecule has 9 nitrogen and oxygen atoms in total. The molecule has 0 saturated carbocycles. The number of para-hydroxylation sites is 2. The lowest BCUT2D eigenvalue weighted by atomic mass is 9.98. The zero-order valence-corrected chi connectivity index (χ0v) is 18.6. The Bertz CT molecular complexity index is 980. The summed E-state index contributed by atoms with van der Waals surface area (Å²) in [6, 6.07) is 10.9. The van der Waals surface area contributed by atoms with Gasteiger partial charge in [-0.25, -0.2) is 9.59 Å². The molecular formula is C23H27NO8. The zero-order chi connectivity index (χ0) is 23.9. The number of carbonyl (C=O) groups excluding carboxylic acids is 3. The highest BCUT2D eigenvalue weighted by Gasteiger charge is 2.29. The van der Waals surface area contributed by atoms with Gasteiger partial charge < -0.3 is 24.1 Å². The van der Waals surface area contributed by atoms with Crippen molar-refractivity contribution in [3.63, 3.8) is 0 Å². The summed E-state index contributed by atoms with van der Waals surface area (Å²) in [5.41, 5.74) is -0.161. The molecule has 0 saturated heterocycles. The van der Waals surface area contributed by atoms with Crippen LogP contribution < -0.4 is 14.8 Å². The van der Waals surface area contributed by atoms with Gasteiger partial charge in [-0.2, -0.15) is 0 Å². The van der Waals surface area contributed by atoms with Gasteiger partial charge in [-0.05, 0) is 44.5 Å². The number of esters is 2. The van der Waals surface area contributed by atoms with Crippen LogP contribution in [0.5, 0.6) is 11.5 Å². The third-order valence-corrected chi connectivity index (χ3v) is 4.25. The lowest BCUT2D eigenvalue weighted by molar-refractivity contribution is -0.137. The Morgan fingerprint density at radius 2 is 1.72 bits per heavy atom. The summed E-state index contributed by atoms with van der Waals surface area (Å²) in [6.45, 7) is 4.55. The average Bonchev–Trinajstić information content (AvgIpc) is 2.73. The molecule has 0 heterocycles. The van der Waals surface area contributed by atoms with Crippen molar-refractivity contribution < 1.29 is 38.4 Å². The maximum Gasteiger partial charge on any atom is 0.412 e. The van der Waals surface area contributed by atoms with Crippen molar-refractivity contribution in [1.29, 1.82) is 0 Å². The van der Waals surface area contributed by atoms with E-state index >= 15 is 0 Å². The summed E-state index contributed by atoms with van der Waals surface area (Å²) in [7, 11) is 2.56. The van der Waals surface area contributed by atoms with Crippen LogP contribution in [0, 0.1) is 0 Å². The van der Waals surface area contributed by atoms with Gasteiger partial charge in [0.25, 0.3) is 0 Å². The summed E-state index contributed by atoms with van der Waals surface area (Å²) < 4.78 is 20.7. The van der Waals surface area contributed by atoms with E-state index in [2.05, 4.69) is 5.32 Å². The Morgan fingerprint density at radius 3 is 2.31 bits per heavy atom. The first-order valence-corrected chi connectivity index (χ1v) is 9.78. The first-order chi connectivity index (χ1) is 15.1. The summed E-state index contributed by atoms with van der Waals surface area (Å²) in [5, 5.41) is 12.5. The molecule has 1 atom stereocenters. The second kappa shape index (κ2) is 10.6. The van der Waals surface area contributed by atoms with Crippen molar-refractivity contribution in [2.24, 2.45) is 0 Å². The molecule has 0 radical (unpaired) electrons. The maximum absolute atomic E-state index is 13.0. The minimum absolute atomic E-state index is 0.0166. The van der Waals surface area contributed by atoms with Crippen LogP contribution in [0.25, 0.3) is 0 Å². The number of aliphatic hydroxyl groups is 1. The van der Waals surface area contributed by atoms with E-state index in [-0.39, 0.29) is 22.7 Å². The van der Waals surface area contributed by atoms with E-state index in [0.717, 1.165) is 0 Å². The second-order valence-corrected chi connectivity index (χ2v) is 7.70. The van der Waals surface area contributed by atoms with Gasteiger partial charge in [0.15, 0.2) is 11.5 Å². The lowest BCUT2D eigenvalue weighted by Gasteiger charge is -2.22. The molecule has 1 unspecified atom stereocenters. The molecule has 2 rings (SSSR count). The third kappa shape index (κ3) is 6.21. The molecule has 1 amide bonds. The Hall–Kier alpha value is -3.59. The number of aliphatic hydroxyl groups excluding tert-OH is 1. The first-order valence-electron chi connectivity index (χ1n) is 9.78. The molecule has 0 aliphatic rings. The minimum Gasteiger partial charge on any atom is -0.493 e. The van der Waals surface area contributed by atoms with E-state index in [9.17, 15) is 19.5 Å². The normalized spacial score (nSPS) is 11.8. The van der Waals surface area contributed by atoms with Crippen LogP contribution in [0.1, 0.15) is 42.6 Å². The second-order valence-electron chi connectivity index (χ2n) is 7.70. The highest BCUT2D eigenvalue weighted by molar-refractivity contribution is 5.95. The standard InChI is InChI=1S/C23H27NO8/c1-23(2,3)32-22(28)24-17-11-7-6-9-14(17)16(13-25)21(27)31-19-15(20(26)30-5)10-8-12-18(19)29-4/h6-12,16,25H,13H2,1-5H3,(H,24,28). The van der Waals surface area contributed by atoms with Crippen LogP contribution in [0.2, 0.25) is 0 Å². The van der Waals surface area contributed by atoms with E-state index in [1.807, 2.05) is 0 Å². The van der Waals surface area contributed by atoms with Gasteiger partial charge in [-0.3, -0.25) is 10.1 Å². The van der Waals surface area contributed by atoms with E-state index in [0.29, 0.717) is 5.56 Å². The highest BCUT2D eigenvalue weighted by Crippen LogP contribution is 2.34. The van der Waals surface area contributed by atoms with Crippen LogP contribution in [0.15, 0.2) is 42.5 Å². The van der Waals surface area contributed by atoms with E-state index in [4.69, 9.17) is 18.9 Å². The van der Waals surface area contributed by atoms with Crippen molar-refractivity contribution in [1.82, 2.24) is 0 Å². The predicted molar refractivity (Wildman–Crippen MR) is 116 cm³/mol. The van der Waals surface area contributed by atoms with Crippen molar-refractivity contribution in [2.75, 3.05) is 26.1 Å². The molecule has 2 aromatic rings. The Morgan fingerprint density at radius 1 is 1.03 bits per heavy atom. The van der Waals surface area contributed by atoms with Crippen molar-refractivity contribution in [2.45, 2.75) is 32.3 Å². The maximum atomic E-state index is 13.0. The molecule has 0 aliphatic carbocycles. The molecule has 2 N–H and O–H groups in total. The lowest BCUT2D eigenvalue weighted by Crippen LogP contribution is -2.29. The number of anilines is 1. The number of benzene rings is 2. The minimum atomic E-state index is -1.17. The highest BCUT2D eigenvalue weighted by atomic mass is 16.6. The predicted octanol–water partition coefficient (Wildman–Crippen LogP) is 3.51. The fourth-order valence-electron chi connectivity index (χ4n) is 2.85. The molecule has 172 valence electrons. The van der Waals surface area contributed by atoms with Gasteiger partial charge in [-0.15, -0.1) is 0 Å². The molecule has 0 bridgehead atoms. The van der Waals surface area contributed by atoms with Crippen LogP contribution >= 0.6 is 0 Å². The zero-order valence-electron chi connectivity index (χ0n) is 18.6. The van der Waals surface area contributed by atoms with E-state index < -0.39 is 36.2 Å². The van der Waals surface area contributed by atoms with Gasteiger partial charge in [0.1, 0.15) is 17.1 Å². The Labute approximate surface area is 186 Å². The van der Waals surface area contributed by atoms with E-state index in [1.165, 1.54) is 26.4 Å². The molecular weight excluding hydrogens is 418 g/mol. The number of hydrogen-bond donors (Lipinski definition) is 2. The number of hydrogen-bond acceptors (Lipinski definition) is 8. The fraction of sp³-hybridized carbons (Fsp3) is 0.348. The molecule has 0 aromatic heterocycles. The summed E-state index contributed by atoms with van der Waals surface area (Å²) in [6.07, 6.45) is -0.715. The number of ether oxygens (including phenoxy) is 4. The van der Waals surface area contributed by atoms with Crippen molar-refractivity contribution in [3.05, 3.63) is 53.6 Å². The summed E-state index contributed by atoms with van der Waals surface area (Å²) in [4.78, 5) is 37.3. The number of methoxy groups -OCH3 is 2. The van der Waals surface area contributed by atoms with Crippen molar-refractivity contribution in [3.8, 4) is 11.5 Å². The van der Waals surface area contributed by atoms with Gasteiger partial charge in [0, 0.05) is 5.69 Å². The molecule has 2 aromatic carbocycles. The Kier molecular flexibility index (Phi) is 8.20. The average molecular weight is 445 g/mol. The third-order valence-electron chi connectivity index (χ3n) is 4.25. The van der Waals surface area contributed by atoms with Gasteiger partial charge in [-0.1, -0.05) is 24.3 Å². The van der Waals surface area contributed by atoms with Crippen LogP contribution in [-0.2, 0) is 14.3 Å². The van der Waals surface area contributed by atoms with Gasteiger partial charge in [0.05, 0.1) is 20.8 Å². The van der Waals surface area contributed by atoms with Crippen LogP contribution in [-0.4, -0.2) is 49.6 Å². The topological polar surface area (TPSA) is 120 Å². The number of carbonyl (C=O) groups is 3. The molecule has 0 fully saturated rings. The molecule has 9 heteroatoms. The van der Waals surface area contributed by atoms with Crippen LogP contribution in [0.3, 0.4) is 0 Å². The summed E-state index contributed by atoms with van der Waals surface area (Å²) >= 11 is 0. The molecule has 0 spiro atoms. The fourth-order valence-corrected chi connectivity index (χ4v) is 2.85. The van der Waals surface area contributed by atoms with Gasteiger partial charge >= 0.3 is 18.0 Å². The summed E-state index contributed by atoms with van der Waals surface area (Å²) in [5.74, 6) is -2.75. The monoisotopic (exact) mass is 445 g/mol. The SMILES string of the molecule is COC(=O)c1cccc(OC)c1OC(=O)C(CO)c1ccccc1NC(=O)OC(C)(C)C. The number of amides is 1. The number of rotatable bonds is 7. The van der Waals surface area contributed by atoms with E-state index in [1.54, 1.807) is 51.1 Å². The van der Waals surface area contributed by atoms with Crippen LogP contribution in [0.4, 0.5) is 10.5 Å².